The highest BCUT2D eigenvalue weighted by Crippen LogP contribution is 2.32. The van der Waals surface area contributed by atoms with Gasteiger partial charge in [0.05, 0.1) is 10.0 Å². The lowest BCUT2D eigenvalue weighted by molar-refractivity contribution is 0.319. The Hall–Kier alpha value is -0.750. The van der Waals surface area contributed by atoms with Crippen molar-refractivity contribution < 1.29 is 5.21 Å². The van der Waals surface area contributed by atoms with Gasteiger partial charge < -0.3 is 5.21 Å². The van der Waals surface area contributed by atoms with Gasteiger partial charge in [-0.2, -0.15) is 0 Å². The molecule has 0 radical (unpaired) electrons. The smallest absolute Gasteiger partial charge is 0.104 e. The summed E-state index contributed by atoms with van der Waals surface area (Å²) in [5.74, 6) is 0.495. The summed E-state index contributed by atoms with van der Waals surface area (Å²) in [5.41, 5.74) is 1.17. The fraction of sp³-hybridized carbons (Fsp3) is 0.0909. The fourth-order valence-electron chi connectivity index (χ4n) is 1.28. The second-order valence-electron chi connectivity index (χ2n) is 3.26. The summed E-state index contributed by atoms with van der Waals surface area (Å²) >= 11 is 14.7. The molecule has 0 saturated carbocycles. The Labute approximate surface area is 122 Å². The van der Waals surface area contributed by atoms with Crippen molar-refractivity contribution in [2.45, 2.75) is 4.90 Å². The minimum Gasteiger partial charge on any atom is -0.411 e. The molecule has 18 heavy (non-hydrogen) atoms. The molecule has 0 aromatic carbocycles. The van der Waals surface area contributed by atoms with Gasteiger partial charge in [0.15, 0.2) is 0 Å². The largest absolute Gasteiger partial charge is 0.411 e. The molecule has 7 heteroatoms. The molecular weight excluding hydrogens is 311 g/mol. The van der Waals surface area contributed by atoms with Crippen LogP contribution in [0, 0.1) is 0 Å². The van der Waals surface area contributed by atoms with Crippen molar-refractivity contribution in [2.24, 2.45) is 5.16 Å². The lowest BCUT2D eigenvalue weighted by Gasteiger charge is -2.03. The standard InChI is InChI=1S/C11H8Cl2N2OS2/c12-10-4-8(11(13)18-10)9(15-16)6-17-7-2-1-3-14-5-7/h1-5,16H,6H2/b15-9-. The molecule has 3 nitrogen and oxygen atoms in total. The maximum Gasteiger partial charge on any atom is 0.104 e. The van der Waals surface area contributed by atoms with Crippen LogP contribution in [0.25, 0.3) is 0 Å². The number of thioether (sulfide) groups is 1. The van der Waals surface area contributed by atoms with Gasteiger partial charge in [0, 0.05) is 28.6 Å². The van der Waals surface area contributed by atoms with Crippen LogP contribution in [0.5, 0.6) is 0 Å². The van der Waals surface area contributed by atoms with Gasteiger partial charge in [0.25, 0.3) is 0 Å². The van der Waals surface area contributed by atoms with Crippen molar-refractivity contribution in [2.75, 3.05) is 5.75 Å². The van der Waals surface area contributed by atoms with Crippen molar-refractivity contribution >= 4 is 52.0 Å². The SMILES string of the molecule is O/N=C(/CSc1cccnc1)c1cc(Cl)sc1Cl. The average molecular weight is 319 g/mol. The summed E-state index contributed by atoms with van der Waals surface area (Å²) < 4.78 is 1.10. The van der Waals surface area contributed by atoms with Crippen molar-refractivity contribution in [3.8, 4) is 0 Å². The molecule has 2 aromatic heterocycles. The number of thiophene rings is 1. The molecule has 0 fully saturated rings. The van der Waals surface area contributed by atoms with Crippen LogP contribution in [0.3, 0.4) is 0 Å². The van der Waals surface area contributed by atoms with Crippen LogP contribution < -0.4 is 0 Å². The van der Waals surface area contributed by atoms with Crippen LogP contribution in [0.4, 0.5) is 0 Å². The third-order valence-corrected chi connectivity index (χ3v) is 4.58. The first kappa shape index (κ1) is 13.7. The zero-order valence-electron chi connectivity index (χ0n) is 9.01. The van der Waals surface area contributed by atoms with Crippen LogP contribution in [-0.2, 0) is 0 Å². The minimum atomic E-state index is 0.495. The van der Waals surface area contributed by atoms with Crippen LogP contribution in [0.1, 0.15) is 5.56 Å². The highest BCUT2D eigenvalue weighted by atomic mass is 35.5. The van der Waals surface area contributed by atoms with Crippen LogP contribution in [0.15, 0.2) is 40.6 Å². The zero-order chi connectivity index (χ0) is 13.0. The summed E-state index contributed by atoms with van der Waals surface area (Å²) in [4.78, 5) is 5.01. The van der Waals surface area contributed by atoms with E-state index in [0.717, 1.165) is 4.90 Å². The molecule has 0 bridgehead atoms. The molecule has 2 rings (SSSR count). The summed E-state index contributed by atoms with van der Waals surface area (Å²) in [6.07, 6.45) is 3.46. The Balaban J connectivity index is 2.10. The highest BCUT2D eigenvalue weighted by molar-refractivity contribution is 8.00. The third-order valence-electron chi connectivity index (χ3n) is 2.10. The predicted octanol–water partition coefficient (Wildman–Crippen LogP) is 4.42. The van der Waals surface area contributed by atoms with Crippen LogP contribution in [0.2, 0.25) is 8.67 Å². The van der Waals surface area contributed by atoms with E-state index in [1.54, 1.807) is 18.5 Å². The van der Waals surface area contributed by atoms with E-state index in [4.69, 9.17) is 28.4 Å². The van der Waals surface area contributed by atoms with Gasteiger partial charge in [0.2, 0.25) is 0 Å². The van der Waals surface area contributed by atoms with Gasteiger partial charge in [0.1, 0.15) is 4.34 Å². The van der Waals surface area contributed by atoms with E-state index in [0.29, 0.717) is 25.7 Å². The van der Waals surface area contributed by atoms with Crippen molar-refractivity contribution in [1.82, 2.24) is 4.98 Å². The molecule has 1 N–H and O–H groups in total. The number of halogens is 2. The molecule has 94 valence electrons. The second-order valence-corrected chi connectivity index (χ2v) is 6.60. The number of rotatable bonds is 4. The van der Waals surface area contributed by atoms with Gasteiger partial charge in [-0.15, -0.1) is 23.1 Å². The molecule has 0 amide bonds. The quantitative estimate of drug-likeness (QED) is 0.393. The van der Waals surface area contributed by atoms with Crippen LogP contribution >= 0.6 is 46.3 Å². The number of hydrogen-bond donors (Lipinski definition) is 1. The van der Waals surface area contributed by atoms with E-state index in [2.05, 4.69) is 10.1 Å². The summed E-state index contributed by atoms with van der Waals surface area (Å²) in [7, 11) is 0. The number of nitrogens with zero attached hydrogens (tertiary/aromatic N) is 2. The van der Waals surface area contributed by atoms with E-state index in [1.165, 1.54) is 23.1 Å². The van der Waals surface area contributed by atoms with E-state index < -0.39 is 0 Å². The molecule has 2 heterocycles. The Morgan fingerprint density at radius 3 is 2.89 bits per heavy atom. The molecule has 0 unspecified atom stereocenters. The second kappa shape index (κ2) is 6.43. The molecule has 0 aliphatic carbocycles. The van der Waals surface area contributed by atoms with Crippen molar-refractivity contribution in [1.29, 1.82) is 0 Å². The Kier molecular flexibility index (Phi) is 4.88. The zero-order valence-corrected chi connectivity index (χ0v) is 12.2. The van der Waals surface area contributed by atoms with Gasteiger partial charge in [-0.1, -0.05) is 28.4 Å². The Morgan fingerprint density at radius 1 is 1.50 bits per heavy atom. The van der Waals surface area contributed by atoms with Crippen molar-refractivity contribution in [3.63, 3.8) is 0 Å². The van der Waals surface area contributed by atoms with Crippen LogP contribution in [-0.4, -0.2) is 21.7 Å². The molecule has 2 aromatic rings. The molecule has 0 aliphatic rings. The van der Waals surface area contributed by atoms with Gasteiger partial charge in [-0.05, 0) is 18.2 Å². The average Bonchev–Trinajstić information content (AvgIpc) is 2.71. The number of aromatic nitrogens is 1. The normalized spacial score (nSPS) is 11.8. The lowest BCUT2D eigenvalue weighted by Crippen LogP contribution is -2.03. The van der Waals surface area contributed by atoms with Gasteiger partial charge >= 0.3 is 0 Å². The van der Waals surface area contributed by atoms with E-state index in [1.807, 2.05) is 12.1 Å². The summed E-state index contributed by atoms with van der Waals surface area (Å²) in [5, 5.41) is 12.3. The Bertz CT molecular complexity index is 557. The molecule has 0 aliphatic heterocycles. The highest BCUT2D eigenvalue weighted by Gasteiger charge is 2.13. The van der Waals surface area contributed by atoms with Crippen molar-refractivity contribution in [3.05, 3.63) is 44.8 Å². The molecule has 0 spiro atoms. The molecular formula is C11H8Cl2N2OS2. The molecule has 0 atom stereocenters. The lowest BCUT2D eigenvalue weighted by atomic mass is 10.2. The predicted molar refractivity (Wildman–Crippen MR) is 77.6 cm³/mol. The monoisotopic (exact) mass is 318 g/mol. The maximum atomic E-state index is 9.05. The minimum absolute atomic E-state index is 0.495. The first-order valence-corrected chi connectivity index (χ1v) is 7.45. The van der Waals surface area contributed by atoms with E-state index in [-0.39, 0.29) is 0 Å². The number of pyridine rings is 1. The maximum absolute atomic E-state index is 9.05. The third kappa shape index (κ3) is 3.38. The first-order chi connectivity index (χ1) is 8.70. The summed E-state index contributed by atoms with van der Waals surface area (Å²) in [6.45, 7) is 0. The van der Waals surface area contributed by atoms with E-state index >= 15 is 0 Å². The first-order valence-electron chi connectivity index (χ1n) is 4.89. The topological polar surface area (TPSA) is 45.5 Å². The summed E-state index contributed by atoms with van der Waals surface area (Å²) in [6, 6.07) is 5.49. The Morgan fingerprint density at radius 2 is 2.33 bits per heavy atom. The number of hydrogen-bond acceptors (Lipinski definition) is 5. The van der Waals surface area contributed by atoms with Gasteiger partial charge in [-0.25, -0.2) is 0 Å². The molecule has 0 saturated heterocycles. The van der Waals surface area contributed by atoms with Gasteiger partial charge in [-0.3, -0.25) is 4.98 Å². The number of oxime groups is 1. The van der Waals surface area contributed by atoms with E-state index in [9.17, 15) is 0 Å². The fourth-order valence-corrected chi connectivity index (χ4v) is 3.62.